The van der Waals surface area contributed by atoms with Crippen molar-refractivity contribution in [2.24, 2.45) is 0 Å². The van der Waals surface area contributed by atoms with Crippen LogP contribution in [0.3, 0.4) is 0 Å². The van der Waals surface area contributed by atoms with Crippen LogP contribution in [0.4, 0.5) is 5.69 Å². The highest BCUT2D eigenvalue weighted by Crippen LogP contribution is 2.24. The molecule has 0 aliphatic heterocycles. The van der Waals surface area contributed by atoms with Gasteiger partial charge in [-0.1, -0.05) is 29.5 Å². The average Bonchev–Trinajstić information content (AvgIpc) is 3.21. The van der Waals surface area contributed by atoms with E-state index in [4.69, 9.17) is 0 Å². The molecule has 0 radical (unpaired) electrons. The zero-order valence-electron chi connectivity index (χ0n) is 16.1. The SMILES string of the molecule is Cc1ccc(-n2nc(C)c(NC(=O)CSc3nnnn3C(C)C)c2C)cc1. The first-order valence-corrected chi connectivity index (χ1v) is 9.69. The van der Waals surface area contributed by atoms with Gasteiger partial charge in [0.25, 0.3) is 0 Å². The number of hydrogen-bond acceptors (Lipinski definition) is 6. The molecule has 8 nitrogen and oxygen atoms in total. The van der Waals surface area contributed by atoms with Gasteiger partial charge in [0.2, 0.25) is 11.1 Å². The second kappa shape index (κ2) is 7.91. The van der Waals surface area contributed by atoms with E-state index in [1.54, 1.807) is 4.68 Å². The number of aromatic nitrogens is 6. The fourth-order valence-corrected chi connectivity index (χ4v) is 3.48. The number of carbonyl (C=O) groups excluding carboxylic acids is 1. The van der Waals surface area contributed by atoms with Gasteiger partial charge in [-0.2, -0.15) is 5.10 Å². The summed E-state index contributed by atoms with van der Waals surface area (Å²) in [5.41, 5.74) is 4.56. The lowest BCUT2D eigenvalue weighted by molar-refractivity contribution is -0.113. The van der Waals surface area contributed by atoms with Crippen LogP contribution in [0.1, 0.15) is 36.8 Å². The van der Waals surface area contributed by atoms with E-state index in [0.29, 0.717) is 5.16 Å². The zero-order valence-corrected chi connectivity index (χ0v) is 16.9. The standard InChI is InChI=1S/C18H23N7OS/c1-11(2)24-18(20-22-23-24)27-10-16(26)19-17-13(4)21-25(14(17)5)15-8-6-12(3)7-9-15/h6-9,11H,10H2,1-5H3,(H,19,26). The van der Waals surface area contributed by atoms with Crippen LogP contribution in [0.15, 0.2) is 29.4 Å². The van der Waals surface area contributed by atoms with E-state index >= 15 is 0 Å². The third-order valence-electron chi connectivity index (χ3n) is 4.12. The Morgan fingerprint density at radius 3 is 2.56 bits per heavy atom. The predicted molar refractivity (Wildman–Crippen MR) is 105 cm³/mol. The first-order valence-electron chi connectivity index (χ1n) is 8.70. The Morgan fingerprint density at radius 1 is 1.19 bits per heavy atom. The molecule has 2 aromatic heterocycles. The molecule has 3 rings (SSSR count). The number of tetrazole rings is 1. The minimum Gasteiger partial charge on any atom is -0.322 e. The molecule has 0 bridgehead atoms. The van der Waals surface area contributed by atoms with Crippen LogP contribution in [-0.4, -0.2) is 41.6 Å². The summed E-state index contributed by atoms with van der Waals surface area (Å²) >= 11 is 1.31. The van der Waals surface area contributed by atoms with Gasteiger partial charge in [-0.05, 0) is 57.2 Å². The molecule has 27 heavy (non-hydrogen) atoms. The maximum absolute atomic E-state index is 12.4. The molecule has 2 heterocycles. The summed E-state index contributed by atoms with van der Waals surface area (Å²) in [4.78, 5) is 12.4. The Bertz CT molecular complexity index is 943. The lowest BCUT2D eigenvalue weighted by atomic mass is 10.2. The lowest BCUT2D eigenvalue weighted by Crippen LogP contribution is -2.16. The van der Waals surface area contributed by atoms with E-state index in [-0.39, 0.29) is 17.7 Å². The van der Waals surface area contributed by atoms with Gasteiger partial charge < -0.3 is 5.32 Å². The van der Waals surface area contributed by atoms with Gasteiger partial charge in [0.05, 0.1) is 34.6 Å². The van der Waals surface area contributed by atoms with Crippen molar-refractivity contribution in [2.45, 2.75) is 45.8 Å². The molecule has 3 aromatic rings. The largest absolute Gasteiger partial charge is 0.322 e. The monoisotopic (exact) mass is 385 g/mol. The van der Waals surface area contributed by atoms with Gasteiger partial charge >= 0.3 is 0 Å². The van der Waals surface area contributed by atoms with E-state index < -0.39 is 0 Å². The van der Waals surface area contributed by atoms with Gasteiger partial charge in [0.15, 0.2) is 0 Å². The van der Waals surface area contributed by atoms with Gasteiger partial charge in [-0.25, -0.2) is 9.36 Å². The Kier molecular flexibility index (Phi) is 5.59. The molecule has 0 atom stereocenters. The molecule has 0 saturated heterocycles. The quantitative estimate of drug-likeness (QED) is 0.656. The fraction of sp³-hybridized carbons (Fsp3) is 0.389. The number of aryl methyl sites for hydroxylation is 2. The fourth-order valence-electron chi connectivity index (χ4n) is 2.67. The van der Waals surface area contributed by atoms with Crippen molar-refractivity contribution in [3.8, 4) is 5.69 Å². The highest BCUT2D eigenvalue weighted by Gasteiger charge is 2.17. The number of carbonyl (C=O) groups is 1. The third-order valence-corrected chi connectivity index (χ3v) is 5.05. The van der Waals surface area contributed by atoms with Crippen molar-refractivity contribution in [1.82, 2.24) is 30.0 Å². The smallest absolute Gasteiger partial charge is 0.234 e. The highest BCUT2D eigenvalue weighted by atomic mass is 32.2. The molecule has 0 aliphatic rings. The van der Waals surface area contributed by atoms with Gasteiger partial charge in [-0.3, -0.25) is 4.79 Å². The molecule has 142 valence electrons. The summed E-state index contributed by atoms with van der Waals surface area (Å²) in [5.74, 6) is 0.106. The zero-order chi connectivity index (χ0) is 19.6. The molecule has 0 saturated carbocycles. The normalized spacial score (nSPS) is 11.2. The minimum absolute atomic E-state index is 0.118. The second-order valence-corrected chi connectivity index (χ2v) is 7.57. The van der Waals surface area contributed by atoms with E-state index in [1.807, 2.05) is 63.6 Å². The average molecular weight is 385 g/mol. The van der Waals surface area contributed by atoms with Gasteiger partial charge in [0, 0.05) is 0 Å². The van der Waals surface area contributed by atoms with Crippen molar-refractivity contribution in [3.05, 3.63) is 41.2 Å². The first-order chi connectivity index (χ1) is 12.9. The number of amides is 1. The molecule has 1 aromatic carbocycles. The van der Waals surface area contributed by atoms with E-state index in [1.165, 1.54) is 17.3 Å². The topological polar surface area (TPSA) is 90.5 Å². The van der Waals surface area contributed by atoms with Crippen LogP contribution < -0.4 is 5.32 Å². The van der Waals surface area contributed by atoms with Crippen LogP contribution >= 0.6 is 11.8 Å². The van der Waals surface area contributed by atoms with Crippen LogP contribution in [0.25, 0.3) is 5.69 Å². The first kappa shape index (κ1) is 19.1. The van der Waals surface area contributed by atoms with Gasteiger partial charge in [-0.15, -0.1) is 5.10 Å². The number of anilines is 1. The Hall–Kier alpha value is -2.68. The molecule has 0 spiro atoms. The van der Waals surface area contributed by atoms with Crippen LogP contribution in [0, 0.1) is 20.8 Å². The maximum Gasteiger partial charge on any atom is 0.234 e. The van der Waals surface area contributed by atoms with Crippen molar-refractivity contribution in [3.63, 3.8) is 0 Å². The summed E-state index contributed by atoms with van der Waals surface area (Å²) < 4.78 is 3.54. The molecule has 1 N–H and O–H groups in total. The molecule has 0 unspecified atom stereocenters. The molecular formula is C18H23N7OS. The van der Waals surface area contributed by atoms with E-state index in [9.17, 15) is 4.79 Å². The third kappa shape index (κ3) is 4.19. The Balaban J connectivity index is 1.71. The van der Waals surface area contributed by atoms with Gasteiger partial charge in [0.1, 0.15) is 0 Å². The predicted octanol–water partition coefficient (Wildman–Crippen LogP) is 3.10. The number of thioether (sulfide) groups is 1. The number of benzene rings is 1. The van der Waals surface area contributed by atoms with Crippen molar-refractivity contribution in [2.75, 3.05) is 11.1 Å². The van der Waals surface area contributed by atoms with Crippen LogP contribution in [-0.2, 0) is 4.79 Å². The summed E-state index contributed by atoms with van der Waals surface area (Å²) in [6.45, 7) is 9.87. The second-order valence-electron chi connectivity index (χ2n) is 6.63. The molecule has 0 aliphatic carbocycles. The van der Waals surface area contributed by atoms with Crippen LogP contribution in [0.2, 0.25) is 0 Å². The summed E-state index contributed by atoms with van der Waals surface area (Å²) in [6, 6.07) is 8.26. The van der Waals surface area contributed by atoms with Crippen LogP contribution in [0.5, 0.6) is 0 Å². The number of nitrogens with zero attached hydrogens (tertiary/aromatic N) is 6. The maximum atomic E-state index is 12.4. The van der Waals surface area contributed by atoms with Crippen molar-refractivity contribution < 1.29 is 4.79 Å². The molecule has 0 fully saturated rings. The molecular weight excluding hydrogens is 362 g/mol. The summed E-state index contributed by atoms with van der Waals surface area (Å²) in [7, 11) is 0. The molecule has 1 amide bonds. The Labute approximate surface area is 162 Å². The number of hydrogen-bond donors (Lipinski definition) is 1. The van der Waals surface area contributed by atoms with Crippen molar-refractivity contribution in [1.29, 1.82) is 0 Å². The molecule has 9 heteroatoms. The summed E-state index contributed by atoms with van der Waals surface area (Å²) in [5, 5.41) is 19.8. The van der Waals surface area contributed by atoms with Crippen molar-refractivity contribution >= 4 is 23.4 Å². The van der Waals surface area contributed by atoms with E-state index in [2.05, 4.69) is 25.9 Å². The minimum atomic E-state index is -0.118. The van der Waals surface area contributed by atoms with E-state index in [0.717, 1.165) is 22.8 Å². The number of nitrogens with one attached hydrogen (secondary N) is 1. The highest BCUT2D eigenvalue weighted by molar-refractivity contribution is 7.99. The Morgan fingerprint density at radius 2 is 1.89 bits per heavy atom. The summed E-state index contributed by atoms with van der Waals surface area (Å²) in [6.07, 6.45) is 0. The number of rotatable bonds is 6. The lowest BCUT2D eigenvalue weighted by Gasteiger charge is -2.08.